The van der Waals surface area contributed by atoms with E-state index in [2.05, 4.69) is 5.16 Å². The monoisotopic (exact) mass is 195 g/mol. The van der Waals surface area contributed by atoms with E-state index in [1.807, 2.05) is 20.8 Å². The summed E-state index contributed by atoms with van der Waals surface area (Å²) in [7, 11) is 0. The second-order valence-electron chi connectivity index (χ2n) is 2.89. The molecule has 0 saturated heterocycles. The summed E-state index contributed by atoms with van der Waals surface area (Å²) in [5.41, 5.74) is 1.96. The van der Waals surface area contributed by atoms with Gasteiger partial charge in [-0.05, 0) is 31.5 Å². The Kier molecular flexibility index (Phi) is 3.23. The van der Waals surface area contributed by atoms with Crippen LogP contribution in [0.15, 0.2) is 16.7 Å². The molecule has 0 spiro atoms. The molecule has 0 atom stereocenters. The normalized spacial score (nSPS) is 9.79. The summed E-state index contributed by atoms with van der Waals surface area (Å²) in [6.07, 6.45) is 0. The van der Waals surface area contributed by atoms with Gasteiger partial charge in [0.1, 0.15) is 5.82 Å². The highest BCUT2D eigenvalue weighted by Crippen LogP contribution is 2.22. The molecule has 0 N–H and O–H groups in total. The first-order chi connectivity index (χ1) is 6.68. The van der Waals surface area contributed by atoms with Crippen LogP contribution in [0.1, 0.15) is 25.1 Å². The summed E-state index contributed by atoms with van der Waals surface area (Å²) in [5.74, 6) is -0.260. The maximum atomic E-state index is 13.2. The predicted molar refractivity (Wildman–Crippen MR) is 54.8 cm³/mol. The molecule has 0 aliphatic carbocycles. The molecule has 76 valence electrons. The van der Waals surface area contributed by atoms with Crippen LogP contribution in [0.2, 0.25) is 0 Å². The lowest BCUT2D eigenvalue weighted by Gasteiger charge is -1.93. The van der Waals surface area contributed by atoms with Crippen LogP contribution in [-0.2, 0) is 0 Å². The van der Waals surface area contributed by atoms with E-state index in [0.717, 1.165) is 5.56 Å². The minimum absolute atomic E-state index is 0.260. The highest BCUT2D eigenvalue weighted by molar-refractivity contribution is 5.80. The van der Waals surface area contributed by atoms with Gasteiger partial charge in [-0.3, -0.25) is 0 Å². The summed E-state index contributed by atoms with van der Waals surface area (Å²) < 4.78 is 18.2. The van der Waals surface area contributed by atoms with Crippen molar-refractivity contribution in [3.63, 3.8) is 0 Å². The van der Waals surface area contributed by atoms with Crippen molar-refractivity contribution in [2.24, 2.45) is 0 Å². The number of nitrogens with zero attached hydrogens (tertiary/aromatic N) is 1. The largest absolute Gasteiger partial charge is 0.356 e. The maximum Gasteiger partial charge on any atom is 0.170 e. The smallest absolute Gasteiger partial charge is 0.170 e. The van der Waals surface area contributed by atoms with Gasteiger partial charge in [0.2, 0.25) is 0 Å². The van der Waals surface area contributed by atoms with Crippen LogP contribution in [0.5, 0.6) is 0 Å². The Labute approximate surface area is 82.7 Å². The summed E-state index contributed by atoms with van der Waals surface area (Å²) in [5, 5.41) is 4.17. The number of hydrogen-bond acceptors (Lipinski definition) is 2. The molecule has 0 radical (unpaired) electrons. The zero-order valence-electron chi connectivity index (χ0n) is 8.89. The van der Waals surface area contributed by atoms with E-state index in [1.165, 1.54) is 6.07 Å². The third-order valence-electron chi connectivity index (χ3n) is 1.84. The summed E-state index contributed by atoms with van der Waals surface area (Å²) in [4.78, 5) is 0. The van der Waals surface area contributed by atoms with Crippen molar-refractivity contribution < 1.29 is 8.91 Å². The molecule has 2 aromatic rings. The molecular weight excluding hydrogens is 181 g/mol. The van der Waals surface area contributed by atoms with Crippen LogP contribution in [0.3, 0.4) is 0 Å². The number of hydrogen-bond donors (Lipinski definition) is 0. The topological polar surface area (TPSA) is 26.0 Å². The van der Waals surface area contributed by atoms with E-state index in [4.69, 9.17) is 4.52 Å². The molecule has 1 aromatic heterocycles. The number of fused-ring (bicyclic) bond motifs is 1. The van der Waals surface area contributed by atoms with Gasteiger partial charge in [-0.1, -0.05) is 19.0 Å². The number of halogens is 1. The number of rotatable bonds is 0. The molecule has 0 unspecified atom stereocenters. The Balaban J connectivity index is 0.000000461. The molecule has 14 heavy (non-hydrogen) atoms. The van der Waals surface area contributed by atoms with E-state index >= 15 is 0 Å². The molecule has 1 heterocycles. The molecule has 0 fully saturated rings. The Morgan fingerprint density at radius 2 is 1.86 bits per heavy atom. The Bertz CT molecular complexity index is 434. The summed E-state index contributed by atoms with van der Waals surface area (Å²) in [6.45, 7) is 7.55. The highest BCUT2D eigenvalue weighted by Gasteiger charge is 2.09. The fourth-order valence-corrected chi connectivity index (χ4v) is 1.30. The van der Waals surface area contributed by atoms with Gasteiger partial charge in [-0.15, -0.1) is 0 Å². The van der Waals surface area contributed by atoms with Crippen LogP contribution >= 0.6 is 0 Å². The van der Waals surface area contributed by atoms with Crippen molar-refractivity contribution in [2.75, 3.05) is 0 Å². The minimum Gasteiger partial charge on any atom is -0.356 e. The molecule has 0 saturated carbocycles. The van der Waals surface area contributed by atoms with Crippen LogP contribution in [-0.4, -0.2) is 5.16 Å². The number of aromatic nitrogens is 1. The zero-order valence-corrected chi connectivity index (χ0v) is 8.89. The van der Waals surface area contributed by atoms with Gasteiger partial charge in [0, 0.05) is 0 Å². The Hall–Kier alpha value is -1.38. The predicted octanol–water partition coefficient (Wildman–Crippen LogP) is 3.61. The fraction of sp³-hybridized carbons (Fsp3) is 0.364. The highest BCUT2D eigenvalue weighted by atomic mass is 19.1. The van der Waals surface area contributed by atoms with Crippen molar-refractivity contribution in [2.45, 2.75) is 27.7 Å². The molecule has 1 aromatic carbocycles. The summed E-state index contributed by atoms with van der Waals surface area (Å²) >= 11 is 0. The number of benzene rings is 1. The molecule has 0 bridgehead atoms. The van der Waals surface area contributed by atoms with Gasteiger partial charge in [0.25, 0.3) is 0 Å². The first-order valence-electron chi connectivity index (χ1n) is 4.70. The molecule has 0 amide bonds. The van der Waals surface area contributed by atoms with Crippen LogP contribution < -0.4 is 0 Å². The van der Waals surface area contributed by atoms with E-state index in [1.54, 1.807) is 13.0 Å². The fourth-order valence-electron chi connectivity index (χ4n) is 1.30. The van der Waals surface area contributed by atoms with E-state index < -0.39 is 0 Å². The first-order valence-corrected chi connectivity index (χ1v) is 4.70. The van der Waals surface area contributed by atoms with Gasteiger partial charge >= 0.3 is 0 Å². The lowest BCUT2D eigenvalue weighted by atomic mass is 10.1. The van der Waals surface area contributed by atoms with Gasteiger partial charge in [0.15, 0.2) is 5.58 Å². The second-order valence-corrected chi connectivity index (χ2v) is 2.89. The van der Waals surface area contributed by atoms with Gasteiger partial charge in [-0.2, -0.15) is 0 Å². The van der Waals surface area contributed by atoms with Gasteiger partial charge < -0.3 is 4.52 Å². The molecule has 0 aliphatic heterocycles. The van der Waals surface area contributed by atoms with Gasteiger partial charge in [-0.25, -0.2) is 4.39 Å². The Morgan fingerprint density at radius 3 is 2.50 bits per heavy atom. The van der Waals surface area contributed by atoms with Crippen molar-refractivity contribution in [1.29, 1.82) is 0 Å². The second kappa shape index (κ2) is 4.22. The standard InChI is InChI=1S/C9H8FNO.C2H6/c1-5-3-7(10)9-6(2)11-12-8(9)4-5;1-2/h3-4H,1-2H3;1-2H3. The molecule has 3 heteroatoms. The molecule has 0 aliphatic rings. The average Bonchev–Trinajstić information content (AvgIpc) is 2.51. The van der Waals surface area contributed by atoms with Crippen molar-refractivity contribution in [3.8, 4) is 0 Å². The Morgan fingerprint density at radius 1 is 1.21 bits per heavy atom. The molecule has 2 nitrogen and oxygen atoms in total. The van der Waals surface area contributed by atoms with E-state index in [9.17, 15) is 4.39 Å². The summed E-state index contributed by atoms with van der Waals surface area (Å²) in [6, 6.07) is 3.25. The average molecular weight is 195 g/mol. The zero-order chi connectivity index (χ0) is 10.7. The van der Waals surface area contributed by atoms with Crippen LogP contribution in [0.25, 0.3) is 11.0 Å². The first kappa shape index (κ1) is 10.7. The SMILES string of the molecule is CC.Cc1cc(F)c2c(C)noc2c1. The van der Waals surface area contributed by atoms with Crippen LogP contribution in [0.4, 0.5) is 4.39 Å². The van der Waals surface area contributed by atoms with Crippen molar-refractivity contribution in [3.05, 3.63) is 29.2 Å². The third-order valence-corrected chi connectivity index (χ3v) is 1.84. The lowest BCUT2D eigenvalue weighted by molar-refractivity contribution is 0.450. The minimum atomic E-state index is -0.260. The lowest BCUT2D eigenvalue weighted by Crippen LogP contribution is -1.80. The molecule has 2 rings (SSSR count). The quantitative estimate of drug-likeness (QED) is 0.641. The van der Waals surface area contributed by atoms with E-state index in [-0.39, 0.29) is 5.82 Å². The van der Waals surface area contributed by atoms with Crippen molar-refractivity contribution >= 4 is 11.0 Å². The van der Waals surface area contributed by atoms with Crippen LogP contribution in [0, 0.1) is 19.7 Å². The number of aryl methyl sites for hydroxylation is 2. The van der Waals surface area contributed by atoms with E-state index in [0.29, 0.717) is 16.7 Å². The third kappa shape index (κ3) is 1.76. The maximum absolute atomic E-state index is 13.2. The molecular formula is C11H14FNO. The van der Waals surface area contributed by atoms with Gasteiger partial charge in [0.05, 0.1) is 11.1 Å². The van der Waals surface area contributed by atoms with Crippen molar-refractivity contribution in [1.82, 2.24) is 5.16 Å².